The van der Waals surface area contributed by atoms with E-state index in [1.807, 2.05) is 0 Å². The van der Waals surface area contributed by atoms with Gasteiger partial charge in [0.15, 0.2) is 0 Å². The molecule has 4 atom stereocenters. The van der Waals surface area contributed by atoms with Crippen LogP contribution in [0, 0.1) is 11.8 Å². The van der Waals surface area contributed by atoms with Crippen LogP contribution in [0.1, 0.15) is 43.7 Å². The van der Waals surface area contributed by atoms with Gasteiger partial charge in [0, 0.05) is 18.0 Å². The number of benzene rings is 1. The maximum absolute atomic E-state index is 6.40. The van der Waals surface area contributed by atoms with Crippen LogP contribution in [0.25, 0.3) is 0 Å². The monoisotopic (exact) mass is 229 g/mol. The molecule has 2 aliphatic carbocycles. The summed E-state index contributed by atoms with van der Waals surface area (Å²) in [5.41, 5.74) is 7.63. The van der Waals surface area contributed by atoms with E-state index in [9.17, 15) is 0 Å². The Morgan fingerprint density at radius 1 is 1.18 bits per heavy atom. The second-order valence-corrected chi connectivity index (χ2v) is 6.10. The van der Waals surface area contributed by atoms with Crippen LogP contribution >= 0.6 is 0 Å². The molecule has 0 radical (unpaired) electrons. The first-order chi connectivity index (χ1) is 8.27. The van der Waals surface area contributed by atoms with Crippen LogP contribution in [-0.2, 0) is 0 Å². The van der Waals surface area contributed by atoms with Gasteiger partial charge in [-0.25, -0.2) is 0 Å². The van der Waals surface area contributed by atoms with Gasteiger partial charge in [-0.1, -0.05) is 18.2 Å². The largest absolute Gasteiger partial charge is 0.487 e. The minimum Gasteiger partial charge on any atom is -0.487 e. The van der Waals surface area contributed by atoms with E-state index in [0.29, 0.717) is 0 Å². The van der Waals surface area contributed by atoms with Gasteiger partial charge >= 0.3 is 0 Å². The zero-order chi connectivity index (χ0) is 11.5. The minimum atomic E-state index is 0.0800. The first kappa shape index (κ1) is 9.95. The van der Waals surface area contributed by atoms with Crippen molar-refractivity contribution in [1.82, 2.24) is 0 Å². The molecule has 1 aromatic carbocycles. The smallest absolute Gasteiger partial charge is 0.124 e. The third kappa shape index (κ3) is 1.30. The molecule has 3 aliphatic rings. The molecule has 4 rings (SSSR count). The van der Waals surface area contributed by atoms with E-state index in [2.05, 4.69) is 24.3 Å². The van der Waals surface area contributed by atoms with Crippen LogP contribution in [0.2, 0.25) is 0 Å². The van der Waals surface area contributed by atoms with Crippen LogP contribution in [0.5, 0.6) is 5.75 Å². The van der Waals surface area contributed by atoms with E-state index in [1.54, 1.807) is 0 Å². The van der Waals surface area contributed by atoms with Crippen LogP contribution in [0.15, 0.2) is 24.3 Å². The van der Waals surface area contributed by atoms with Crippen molar-refractivity contribution in [2.24, 2.45) is 17.6 Å². The van der Waals surface area contributed by atoms with Gasteiger partial charge in [-0.2, -0.15) is 0 Å². The summed E-state index contributed by atoms with van der Waals surface area (Å²) in [5, 5.41) is 0. The molecule has 3 unspecified atom stereocenters. The van der Waals surface area contributed by atoms with Crippen LogP contribution in [0.4, 0.5) is 0 Å². The molecule has 0 saturated heterocycles. The number of hydrogen-bond donors (Lipinski definition) is 1. The van der Waals surface area contributed by atoms with Gasteiger partial charge < -0.3 is 10.5 Å². The maximum atomic E-state index is 6.40. The Bertz CT molecular complexity index is 458. The fourth-order valence-electron chi connectivity index (χ4n) is 4.39. The number of fused-ring (bicyclic) bond motifs is 4. The zero-order valence-corrected chi connectivity index (χ0v) is 10.1. The first-order valence-corrected chi connectivity index (χ1v) is 6.80. The maximum Gasteiger partial charge on any atom is 0.124 e. The van der Waals surface area contributed by atoms with Gasteiger partial charge in [-0.3, -0.25) is 0 Å². The van der Waals surface area contributed by atoms with Gasteiger partial charge in [0.05, 0.1) is 0 Å². The summed E-state index contributed by atoms with van der Waals surface area (Å²) < 4.78 is 6.40. The van der Waals surface area contributed by atoms with E-state index < -0.39 is 0 Å². The molecule has 1 aromatic rings. The normalized spacial score (nSPS) is 42.5. The number of nitrogens with two attached hydrogens (primary N) is 1. The lowest BCUT2D eigenvalue weighted by Crippen LogP contribution is -2.47. The second kappa shape index (κ2) is 3.26. The summed E-state index contributed by atoms with van der Waals surface area (Å²) in [5.74, 6) is 2.70. The summed E-state index contributed by atoms with van der Waals surface area (Å²) in [6, 6.07) is 8.47. The summed E-state index contributed by atoms with van der Waals surface area (Å²) in [6.45, 7) is 0. The van der Waals surface area contributed by atoms with E-state index in [-0.39, 0.29) is 11.6 Å². The van der Waals surface area contributed by atoms with Gasteiger partial charge in [0.25, 0.3) is 0 Å². The fourth-order valence-corrected chi connectivity index (χ4v) is 4.39. The molecular weight excluding hydrogens is 210 g/mol. The highest BCUT2D eigenvalue weighted by Gasteiger charge is 2.55. The predicted molar refractivity (Wildman–Crippen MR) is 66.8 cm³/mol. The standard InChI is InChI=1S/C15H19NO/c16-13-9-15(8-10-5-6-11(15)7-10)17-14-4-2-1-3-12(13)14/h1-4,10-11,13H,5-9,16H2/t10?,11?,13-,15?/m1/s1. The molecule has 2 heteroatoms. The van der Waals surface area contributed by atoms with Gasteiger partial charge in [0.2, 0.25) is 0 Å². The quantitative estimate of drug-likeness (QED) is 0.742. The lowest BCUT2D eigenvalue weighted by Gasteiger charge is -2.44. The summed E-state index contributed by atoms with van der Waals surface area (Å²) in [4.78, 5) is 0. The fraction of sp³-hybridized carbons (Fsp3) is 0.600. The van der Waals surface area contributed by atoms with Gasteiger partial charge in [-0.15, -0.1) is 0 Å². The van der Waals surface area contributed by atoms with Crippen LogP contribution < -0.4 is 10.5 Å². The van der Waals surface area contributed by atoms with Crippen molar-refractivity contribution in [3.63, 3.8) is 0 Å². The molecule has 1 spiro atoms. The van der Waals surface area contributed by atoms with Crippen molar-refractivity contribution in [3.05, 3.63) is 29.8 Å². The van der Waals surface area contributed by atoms with Gasteiger partial charge in [0.1, 0.15) is 11.4 Å². The highest BCUT2D eigenvalue weighted by atomic mass is 16.5. The Morgan fingerprint density at radius 3 is 2.82 bits per heavy atom. The van der Waals surface area contributed by atoms with Crippen molar-refractivity contribution >= 4 is 0 Å². The molecule has 17 heavy (non-hydrogen) atoms. The molecule has 2 nitrogen and oxygen atoms in total. The number of ether oxygens (including phenoxy) is 1. The van der Waals surface area contributed by atoms with Crippen LogP contribution in [0.3, 0.4) is 0 Å². The van der Waals surface area contributed by atoms with Gasteiger partial charge in [-0.05, 0) is 43.6 Å². The lowest BCUT2D eigenvalue weighted by atomic mass is 9.76. The topological polar surface area (TPSA) is 35.2 Å². The Kier molecular flexibility index (Phi) is 1.91. The second-order valence-electron chi connectivity index (χ2n) is 6.10. The molecule has 2 N–H and O–H groups in total. The molecular formula is C15H19NO. The van der Waals surface area contributed by atoms with E-state index in [4.69, 9.17) is 10.5 Å². The highest BCUT2D eigenvalue weighted by molar-refractivity contribution is 5.39. The van der Waals surface area contributed by atoms with E-state index in [0.717, 1.165) is 24.0 Å². The first-order valence-electron chi connectivity index (χ1n) is 6.80. The predicted octanol–water partition coefficient (Wildman–Crippen LogP) is 3.03. The molecule has 0 aromatic heterocycles. The molecule has 2 fully saturated rings. The Morgan fingerprint density at radius 2 is 2.06 bits per heavy atom. The molecule has 90 valence electrons. The Hall–Kier alpha value is -1.02. The van der Waals surface area contributed by atoms with E-state index >= 15 is 0 Å². The third-order valence-corrected chi connectivity index (χ3v) is 5.12. The Balaban J connectivity index is 1.74. The average Bonchev–Trinajstić information content (AvgIpc) is 2.89. The zero-order valence-electron chi connectivity index (χ0n) is 10.1. The van der Waals surface area contributed by atoms with E-state index in [1.165, 1.54) is 31.2 Å². The molecule has 0 amide bonds. The lowest BCUT2D eigenvalue weighted by molar-refractivity contribution is -0.0141. The molecule has 1 heterocycles. The molecule has 1 aliphatic heterocycles. The number of hydrogen-bond acceptors (Lipinski definition) is 2. The average molecular weight is 229 g/mol. The van der Waals surface area contributed by atoms with Crippen molar-refractivity contribution < 1.29 is 4.74 Å². The minimum absolute atomic E-state index is 0.0800. The summed E-state index contributed by atoms with van der Waals surface area (Å²) in [6.07, 6.45) is 6.38. The Labute approximate surface area is 102 Å². The highest BCUT2D eigenvalue weighted by Crippen LogP contribution is 2.57. The summed E-state index contributed by atoms with van der Waals surface area (Å²) in [7, 11) is 0. The molecule has 2 bridgehead atoms. The third-order valence-electron chi connectivity index (χ3n) is 5.12. The van der Waals surface area contributed by atoms with Crippen LogP contribution in [-0.4, -0.2) is 5.60 Å². The van der Waals surface area contributed by atoms with Crippen molar-refractivity contribution in [2.45, 2.75) is 43.7 Å². The van der Waals surface area contributed by atoms with Crippen molar-refractivity contribution in [2.75, 3.05) is 0 Å². The molecule has 2 saturated carbocycles. The van der Waals surface area contributed by atoms with Crippen molar-refractivity contribution in [1.29, 1.82) is 0 Å². The number of rotatable bonds is 0. The SMILES string of the molecule is N[C@@H]1CC2(CC3CCC2C3)Oc2ccccc21. The number of para-hydroxylation sites is 1. The summed E-state index contributed by atoms with van der Waals surface area (Å²) >= 11 is 0. The van der Waals surface area contributed by atoms with Crippen molar-refractivity contribution in [3.8, 4) is 5.75 Å².